The lowest BCUT2D eigenvalue weighted by atomic mass is 9.90. The number of carbonyl (C=O) groups is 1. The van der Waals surface area contributed by atoms with Crippen molar-refractivity contribution in [2.75, 3.05) is 31.1 Å². The Morgan fingerprint density at radius 2 is 1.93 bits per heavy atom. The van der Waals surface area contributed by atoms with E-state index in [2.05, 4.69) is 14.9 Å². The van der Waals surface area contributed by atoms with Crippen LogP contribution in [0.15, 0.2) is 42.9 Å². The van der Waals surface area contributed by atoms with Gasteiger partial charge in [-0.15, -0.1) is 0 Å². The highest BCUT2D eigenvalue weighted by molar-refractivity contribution is 6.30. The van der Waals surface area contributed by atoms with E-state index in [4.69, 9.17) is 16.3 Å². The van der Waals surface area contributed by atoms with Crippen molar-refractivity contribution < 1.29 is 9.53 Å². The molecule has 7 heteroatoms. The van der Waals surface area contributed by atoms with Gasteiger partial charge >= 0.3 is 0 Å². The maximum absolute atomic E-state index is 12.6. The van der Waals surface area contributed by atoms with Gasteiger partial charge in [-0.3, -0.25) is 9.78 Å². The van der Waals surface area contributed by atoms with Crippen molar-refractivity contribution in [2.45, 2.75) is 31.4 Å². The first-order valence-corrected chi connectivity index (χ1v) is 9.69. The second kappa shape index (κ2) is 7.82. The van der Waals surface area contributed by atoms with Gasteiger partial charge in [-0.25, -0.2) is 4.98 Å². The zero-order valence-corrected chi connectivity index (χ0v) is 15.9. The summed E-state index contributed by atoms with van der Waals surface area (Å²) >= 11 is 5.98. The van der Waals surface area contributed by atoms with Crippen LogP contribution in [-0.2, 0) is 16.1 Å². The van der Waals surface area contributed by atoms with E-state index in [-0.39, 0.29) is 11.5 Å². The monoisotopic (exact) mass is 386 g/mol. The molecule has 1 amide bonds. The average molecular weight is 387 g/mol. The number of ether oxygens (including phenoxy) is 1. The van der Waals surface area contributed by atoms with E-state index < -0.39 is 0 Å². The number of benzene rings is 1. The summed E-state index contributed by atoms with van der Waals surface area (Å²) in [4.78, 5) is 25.3. The summed E-state index contributed by atoms with van der Waals surface area (Å²) in [6, 6.07) is 7.69. The molecule has 0 bridgehead atoms. The first-order valence-electron chi connectivity index (χ1n) is 9.31. The van der Waals surface area contributed by atoms with E-state index in [0.29, 0.717) is 31.1 Å². The second-order valence-electron chi connectivity index (χ2n) is 7.21. The largest absolute Gasteiger partial charge is 0.372 e. The Morgan fingerprint density at radius 3 is 2.63 bits per heavy atom. The summed E-state index contributed by atoms with van der Waals surface area (Å²) in [5.41, 5.74) is 0.805. The van der Waals surface area contributed by atoms with Gasteiger partial charge in [-0.1, -0.05) is 23.7 Å². The van der Waals surface area contributed by atoms with Crippen molar-refractivity contribution >= 4 is 23.3 Å². The number of anilines is 1. The number of piperidine rings is 1. The first kappa shape index (κ1) is 18.2. The second-order valence-corrected chi connectivity index (χ2v) is 7.64. The summed E-state index contributed by atoms with van der Waals surface area (Å²) in [6.07, 6.45) is 7.37. The van der Waals surface area contributed by atoms with E-state index in [9.17, 15) is 4.79 Å². The summed E-state index contributed by atoms with van der Waals surface area (Å²) in [6.45, 7) is 3.40. The van der Waals surface area contributed by atoms with Crippen LogP contribution in [0.4, 0.5) is 5.82 Å². The number of amides is 1. The molecule has 2 aliphatic rings. The lowest BCUT2D eigenvalue weighted by molar-refractivity contribution is -0.132. The van der Waals surface area contributed by atoms with E-state index >= 15 is 0 Å². The Bertz CT molecular complexity index is 776. The fourth-order valence-corrected chi connectivity index (χ4v) is 3.98. The molecule has 1 aromatic heterocycles. The van der Waals surface area contributed by atoms with E-state index in [1.807, 2.05) is 29.2 Å². The molecule has 6 nitrogen and oxygen atoms in total. The standard InChI is InChI=1S/C20H23ClN4O2/c21-17-3-1-16(2-4-17)14-25-15-20(27-12-5-19(25)26)6-10-24(11-7-20)18-13-22-8-9-23-18/h1-4,8-9,13H,5-7,10-12,14-15H2. The maximum atomic E-state index is 12.6. The molecule has 0 aliphatic carbocycles. The molecule has 27 heavy (non-hydrogen) atoms. The van der Waals surface area contributed by atoms with Crippen LogP contribution in [0.2, 0.25) is 5.02 Å². The molecular formula is C20H23ClN4O2. The number of aromatic nitrogens is 2. The minimum Gasteiger partial charge on any atom is -0.372 e. The van der Waals surface area contributed by atoms with Crippen molar-refractivity contribution in [3.63, 3.8) is 0 Å². The van der Waals surface area contributed by atoms with Gasteiger partial charge in [0, 0.05) is 37.1 Å². The molecule has 0 radical (unpaired) electrons. The van der Waals surface area contributed by atoms with Gasteiger partial charge in [0.1, 0.15) is 5.82 Å². The van der Waals surface area contributed by atoms with Crippen LogP contribution < -0.4 is 4.90 Å². The lowest BCUT2D eigenvalue weighted by Gasteiger charge is -2.42. The van der Waals surface area contributed by atoms with Crippen molar-refractivity contribution in [1.82, 2.24) is 14.9 Å². The molecule has 4 rings (SSSR count). The maximum Gasteiger partial charge on any atom is 0.225 e. The van der Waals surface area contributed by atoms with Crippen LogP contribution in [0.5, 0.6) is 0 Å². The highest BCUT2D eigenvalue weighted by atomic mass is 35.5. The smallest absolute Gasteiger partial charge is 0.225 e. The Hall–Kier alpha value is -2.18. The van der Waals surface area contributed by atoms with Crippen LogP contribution in [-0.4, -0.2) is 52.6 Å². The molecule has 2 saturated heterocycles. The third kappa shape index (κ3) is 4.22. The van der Waals surface area contributed by atoms with Crippen LogP contribution in [0.25, 0.3) is 0 Å². The quantitative estimate of drug-likeness (QED) is 0.811. The molecule has 2 fully saturated rings. The molecule has 2 aliphatic heterocycles. The summed E-state index contributed by atoms with van der Waals surface area (Å²) in [7, 11) is 0. The Morgan fingerprint density at radius 1 is 1.15 bits per heavy atom. The van der Waals surface area contributed by atoms with E-state index in [1.165, 1.54) is 0 Å². The summed E-state index contributed by atoms with van der Waals surface area (Å²) in [5.74, 6) is 1.05. The number of hydrogen-bond donors (Lipinski definition) is 0. The fourth-order valence-electron chi connectivity index (χ4n) is 3.85. The highest BCUT2D eigenvalue weighted by Crippen LogP contribution is 2.32. The normalized spacial score (nSPS) is 20.0. The third-order valence-electron chi connectivity index (χ3n) is 5.39. The van der Waals surface area contributed by atoms with Gasteiger partial charge < -0.3 is 14.5 Å². The van der Waals surface area contributed by atoms with E-state index in [1.54, 1.807) is 18.6 Å². The molecule has 142 valence electrons. The van der Waals surface area contributed by atoms with Crippen molar-refractivity contribution in [3.05, 3.63) is 53.4 Å². The van der Waals surface area contributed by atoms with Crippen LogP contribution in [0.1, 0.15) is 24.8 Å². The molecule has 0 atom stereocenters. The first-order chi connectivity index (χ1) is 13.1. The van der Waals surface area contributed by atoms with Crippen LogP contribution in [0, 0.1) is 0 Å². The van der Waals surface area contributed by atoms with Crippen LogP contribution in [0.3, 0.4) is 0 Å². The Balaban J connectivity index is 1.45. The van der Waals surface area contributed by atoms with Crippen molar-refractivity contribution in [2.24, 2.45) is 0 Å². The highest BCUT2D eigenvalue weighted by Gasteiger charge is 2.40. The van der Waals surface area contributed by atoms with Gasteiger partial charge in [0.25, 0.3) is 0 Å². The molecule has 1 aromatic carbocycles. The number of halogens is 1. The van der Waals surface area contributed by atoms with Gasteiger partial charge in [0.2, 0.25) is 5.91 Å². The molecule has 0 N–H and O–H groups in total. The lowest BCUT2D eigenvalue weighted by Crippen LogP contribution is -2.52. The number of nitrogens with zero attached hydrogens (tertiary/aromatic N) is 4. The molecule has 0 unspecified atom stereocenters. The van der Waals surface area contributed by atoms with E-state index in [0.717, 1.165) is 37.3 Å². The molecular weight excluding hydrogens is 364 g/mol. The van der Waals surface area contributed by atoms with Gasteiger partial charge in [-0.05, 0) is 30.5 Å². The van der Waals surface area contributed by atoms with Crippen molar-refractivity contribution in [3.8, 4) is 0 Å². The minimum absolute atomic E-state index is 0.151. The van der Waals surface area contributed by atoms with Gasteiger partial charge in [0.15, 0.2) is 0 Å². The molecule has 0 saturated carbocycles. The number of carbonyl (C=O) groups excluding carboxylic acids is 1. The zero-order chi connectivity index (χ0) is 18.7. The Kier molecular flexibility index (Phi) is 5.27. The minimum atomic E-state index is -0.280. The molecule has 1 spiro atoms. The topological polar surface area (TPSA) is 58.6 Å². The van der Waals surface area contributed by atoms with Gasteiger partial charge in [-0.2, -0.15) is 0 Å². The summed E-state index contributed by atoms with van der Waals surface area (Å²) < 4.78 is 6.23. The average Bonchev–Trinajstić information content (AvgIpc) is 2.84. The number of rotatable bonds is 3. The fraction of sp³-hybridized carbons (Fsp3) is 0.450. The molecule has 3 heterocycles. The summed E-state index contributed by atoms with van der Waals surface area (Å²) in [5, 5.41) is 0.706. The number of hydrogen-bond acceptors (Lipinski definition) is 5. The predicted molar refractivity (Wildman–Crippen MR) is 104 cm³/mol. The zero-order valence-electron chi connectivity index (χ0n) is 15.2. The predicted octanol–water partition coefficient (Wildman–Crippen LogP) is 2.92. The SMILES string of the molecule is O=C1CCOC2(CCN(c3cnccn3)CC2)CN1Cc1ccc(Cl)cc1. The van der Waals surface area contributed by atoms with Crippen LogP contribution >= 0.6 is 11.6 Å². The van der Waals surface area contributed by atoms with Crippen molar-refractivity contribution in [1.29, 1.82) is 0 Å². The van der Waals surface area contributed by atoms with Gasteiger partial charge in [0.05, 0.1) is 31.4 Å². The Labute approximate surface area is 164 Å². The molecule has 2 aromatic rings. The third-order valence-corrected chi connectivity index (χ3v) is 5.64.